The van der Waals surface area contributed by atoms with Gasteiger partial charge in [0, 0.05) is 11.5 Å². The summed E-state index contributed by atoms with van der Waals surface area (Å²) in [7, 11) is 0. The number of hydrogen-bond acceptors (Lipinski definition) is 1. The van der Waals surface area contributed by atoms with Crippen LogP contribution in [0.2, 0.25) is 0 Å². The van der Waals surface area contributed by atoms with E-state index >= 15 is 0 Å². The van der Waals surface area contributed by atoms with E-state index in [4.69, 9.17) is 0 Å². The highest BCUT2D eigenvalue weighted by atomic mass is 16.1. The van der Waals surface area contributed by atoms with Crippen LogP contribution in [0.1, 0.15) is 43.2 Å². The van der Waals surface area contributed by atoms with Gasteiger partial charge in [-0.05, 0) is 23.6 Å². The van der Waals surface area contributed by atoms with Gasteiger partial charge in [0.15, 0.2) is 0 Å². The SMILES string of the molecule is CCCC[C@H]1C(=C=O)C=Cc2ccccc21. The fraction of sp³-hybridized carbons (Fsp3) is 0.333. The van der Waals surface area contributed by atoms with Crippen LogP contribution < -0.4 is 0 Å². The molecule has 1 aromatic carbocycles. The lowest BCUT2D eigenvalue weighted by Crippen LogP contribution is -2.07. The van der Waals surface area contributed by atoms with E-state index in [0.717, 1.165) is 24.8 Å². The Hall–Kier alpha value is -1.59. The Balaban J connectivity index is 2.38. The molecule has 0 aromatic heterocycles. The maximum Gasteiger partial charge on any atom is 0.128 e. The summed E-state index contributed by atoms with van der Waals surface area (Å²) in [6.45, 7) is 2.18. The first kappa shape index (κ1) is 10.9. The van der Waals surface area contributed by atoms with Gasteiger partial charge in [-0.25, -0.2) is 4.79 Å². The zero-order chi connectivity index (χ0) is 11.4. The molecular formula is C15H16O. The molecule has 1 aromatic rings. The van der Waals surface area contributed by atoms with Crippen molar-refractivity contribution in [2.75, 3.05) is 0 Å². The Morgan fingerprint density at radius 2 is 2.06 bits per heavy atom. The van der Waals surface area contributed by atoms with Gasteiger partial charge in [-0.1, -0.05) is 50.1 Å². The summed E-state index contributed by atoms with van der Waals surface area (Å²) in [5, 5.41) is 0. The predicted octanol–water partition coefficient (Wildman–Crippen LogP) is 3.75. The lowest BCUT2D eigenvalue weighted by atomic mass is 9.81. The van der Waals surface area contributed by atoms with Gasteiger partial charge in [0.25, 0.3) is 0 Å². The van der Waals surface area contributed by atoms with Crippen LogP contribution in [0.15, 0.2) is 35.9 Å². The van der Waals surface area contributed by atoms with Crippen molar-refractivity contribution in [3.63, 3.8) is 0 Å². The summed E-state index contributed by atoms with van der Waals surface area (Å²) in [6, 6.07) is 8.30. The van der Waals surface area contributed by atoms with E-state index in [0.29, 0.717) is 0 Å². The van der Waals surface area contributed by atoms with Crippen molar-refractivity contribution in [1.82, 2.24) is 0 Å². The van der Waals surface area contributed by atoms with Crippen molar-refractivity contribution >= 4 is 12.0 Å². The van der Waals surface area contributed by atoms with E-state index in [9.17, 15) is 4.79 Å². The van der Waals surface area contributed by atoms with E-state index in [2.05, 4.69) is 25.0 Å². The lowest BCUT2D eigenvalue weighted by molar-refractivity contribution is 0.562. The molecule has 2 rings (SSSR count). The minimum atomic E-state index is 0.249. The Bertz CT molecular complexity index is 450. The van der Waals surface area contributed by atoms with Crippen LogP contribution in [0.4, 0.5) is 0 Å². The third-order valence-corrected chi connectivity index (χ3v) is 3.15. The van der Waals surface area contributed by atoms with Crippen molar-refractivity contribution < 1.29 is 4.79 Å². The monoisotopic (exact) mass is 212 g/mol. The maximum absolute atomic E-state index is 10.9. The molecule has 0 unspecified atom stereocenters. The molecule has 0 heterocycles. The molecule has 0 bridgehead atoms. The minimum absolute atomic E-state index is 0.249. The average Bonchev–Trinajstić information content (AvgIpc) is 2.35. The topological polar surface area (TPSA) is 17.1 Å². The van der Waals surface area contributed by atoms with Crippen LogP contribution in [0, 0.1) is 0 Å². The summed E-state index contributed by atoms with van der Waals surface area (Å²) < 4.78 is 0. The zero-order valence-electron chi connectivity index (χ0n) is 9.57. The number of fused-ring (bicyclic) bond motifs is 1. The third-order valence-electron chi connectivity index (χ3n) is 3.15. The lowest BCUT2D eigenvalue weighted by Gasteiger charge is -2.22. The van der Waals surface area contributed by atoms with E-state index in [1.807, 2.05) is 24.3 Å². The standard InChI is InChI=1S/C15H16O/c1-2-3-7-15-13(11-16)10-9-12-6-4-5-8-14(12)15/h4-6,8-10,15H,2-3,7H2,1H3/t15-/m0/s1. The molecule has 82 valence electrons. The fourth-order valence-electron chi connectivity index (χ4n) is 2.27. The molecule has 0 fully saturated rings. The summed E-state index contributed by atoms with van der Waals surface area (Å²) >= 11 is 0. The summed E-state index contributed by atoms with van der Waals surface area (Å²) in [5.74, 6) is 2.33. The molecule has 0 saturated carbocycles. The van der Waals surface area contributed by atoms with Crippen molar-refractivity contribution in [2.24, 2.45) is 0 Å². The first-order chi connectivity index (χ1) is 7.86. The Morgan fingerprint density at radius 3 is 2.81 bits per heavy atom. The smallest absolute Gasteiger partial charge is 0.128 e. The van der Waals surface area contributed by atoms with Gasteiger partial charge in [-0.2, -0.15) is 0 Å². The van der Waals surface area contributed by atoms with Crippen molar-refractivity contribution in [1.29, 1.82) is 0 Å². The highest BCUT2D eigenvalue weighted by molar-refractivity contribution is 5.72. The number of allylic oxidation sites excluding steroid dienone is 2. The minimum Gasteiger partial charge on any atom is -0.233 e. The van der Waals surface area contributed by atoms with Gasteiger partial charge < -0.3 is 0 Å². The molecule has 1 nitrogen and oxygen atoms in total. The summed E-state index contributed by atoms with van der Waals surface area (Å²) in [4.78, 5) is 10.9. The zero-order valence-corrected chi connectivity index (χ0v) is 9.57. The molecule has 0 N–H and O–H groups in total. The van der Waals surface area contributed by atoms with Crippen molar-refractivity contribution in [3.05, 3.63) is 47.0 Å². The second kappa shape index (κ2) is 4.96. The van der Waals surface area contributed by atoms with Gasteiger partial charge in [-0.3, -0.25) is 0 Å². The highest BCUT2D eigenvalue weighted by Gasteiger charge is 2.20. The molecule has 0 radical (unpaired) electrons. The van der Waals surface area contributed by atoms with Crippen LogP contribution in [0.3, 0.4) is 0 Å². The van der Waals surface area contributed by atoms with Crippen molar-refractivity contribution in [2.45, 2.75) is 32.1 Å². The molecule has 1 aliphatic carbocycles. The van der Waals surface area contributed by atoms with Gasteiger partial charge in [0.2, 0.25) is 0 Å². The van der Waals surface area contributed by atoms with Gasteiger partial charge in [-0.15, -0.1) is 0 Å². The van der Waals surface area contributed by atoms with E-state index in [1.165, 1.54) is 11.1 Å². The number of carbonyl (C=O) groups excluding carboxylic acids is 1. The fourth-order valence-corrected chi connectivity index (χ4v) is 2.27. The Morgan fingerprint density at radius 1 is 1.25 bits per heavy atom. The number of hydrogen-bond donors (Lipinski definition) is 0. The Labute approximate surface area is 96.5 Å². The Kier molecular flexibility index (Phi) is 3.38. The van der Waals surface area contributed by atoms with E-state index < -0.39 is 0 Å². The van der Waals surface area contributed by atoms with Crippen LogP contribution in [0.25, 0.3) is 6.08 Å². The highest BCUT2D eigenvalue weighted by Crippen LogP contribution is 2.35. The molecule has 0 saturated heterocycles. The molecule has 0 spiro atoms. The molecule has 1 aliphatic rings. The first-order valence-electron chi connectivity index (χ1n) is 5.88. The second-order valence-electron chi connectivity index (χ2n) is 4.21. The van der Waals surface area contributed by atoms with Crippen LogP contribution in [-0.2, 0) is 4.79 Å². The quantitative estimate of drug-likeness (QED) is 0.697. The average molecular weight is 212 g/mol. The number of unbranched alkanes of at least 4 members (excludes halogenated alkanes) is 1. The largest absolute Gasteiger partial charge is 0.233 e. The molecule has 16 heavy (non-hydrogen) atoms. The van der Waals surface area contributed by atoms with Gasteiger partial charge >= 0.3 is 0 Å². The number of benzene rings is 1. The molecule has 1 heteroatoms. The van der Waals surface area contributed by atoms with E-state index in [1.54, 1.807) is 0 Å². The van der Waals surface area contributed by atoms with Gasteiger partial charge in [0.1, 0.15) is 5.94 Å². The molecular weight excluding hydrogens is 196 g/mol. The number of rotatable bonds is 3. The van der Waals surface area contributed by atoms with Gasteiger partial charge in [0.05, 0.1) is 0 Å². The third kappa shape index (κ3) is 2.00. The van der Waals surface area contributed by atoms with Crippen LogP contribution >= 0.6 is 0 Å². The molecule has 1 atom stereocenters. The second-order valence-corrected chi connectivity index (χ2v) is 4.21. The summed E-state index contributed by atoms with van der Waals surface area (Å²) in [5.41, 5.74) is 3.31. The van der Waals surface area contributed by atoms with E-state index in [-0.39, 0.29) is 5.92 Å². The van der Waals surface area contributed by atoms with Crippen LogP contribution in [-0.4, -0.2) is 5.94 Å². The van der Waals surface area contributed by atoms with Crippen molar-refractivity contribution in [3.8, 4) is 0 Å². The normalized spacial score (nSPS) is 18.1. The summed E-state index contributed by atoms with van der Waals surface area (Å²) in [6.07, 6.45) is 7.28. The molecule has 0 amide bonds. The molecule has 0 aliphatic heterocycles. The van der Waals surface area contributed by atoms with Crippen LogP contribution in [0.5, 0.6) is 0 Å². The predicted molar refractivity (Wildman–Crippen MR) is 66.9 cm³/mol. The first-order valence-corrected chi connectivity index (χ1v) is 5.88. The maximum atomic E-state index is 10.9.